The number of ether oxygens (including phenoxy) is 1. The van der Waals surface area contributed by atoms with Crippen LogP contribution in [0.25, 0.3) is 6.08 Å². The lowest BCUT2D eigenvalue weighted by Gasteiger charge is -2.53. The first kappa shape index (κ1) is 39.8. The summed E-state index contributed by atoms with van der Waals surface area (Å²) in [6, 6.07) is 32.6. The number of halogens is 3. The number of carbonyl (C=O) groups excluding carboxylic acids is 3. The normalized spacial score (nSPS) is 21.2. The molecule has 3 saturated heterocycles. The van der Waals surface area contributed by atoms with Crippen molar-refractivity contribution in [3.8, 4) is 0 Å². The number of alkyl halides is 3. The van der Waals surface area contributed by atoms with Crippen molar-refractivity contribution in [2.24, 2.45) is 0 Å². The van der Waals surface area contributed by atoms with Gasteiger partial charge in [-0.1, -0.05) is 115 Å². The van der Waals surface area contributed by atoms with E-state index >= 15 is 0 Å². The van der Waals surface area contributed by atoms with E-state index in [4.69, 9.17) is 4.74 Å². The van der Waals surface area contributed by atoms with Crippen LogP contribution >= 0.6 is 0 Å². The summed E-state index contributed by atoms with van der Waals surface area (Å²) in [6.45, 7) is 2.97. The van der Waals surface area contributed by atoms with Crippen molar-refractivity contribution >= 4 is 24.0 Å². The van der Waals surface area contributed by atoms with E-state index in [0.717, 1.165) is 55.7 Å². The van der Waals surface area contributed by atoms with Gasteiger partial charge in [0.15, 0.2) is 0 Å². The monoisotopic (exact) mass is 779 g/mol. The Morgan fingerprint density at radius 3 is 2.23 bits per heavy atom. The third-order valence-electron chi connectivity index (χ3n) is 11.2. The molecule has 4 atom stereocenters. The third kappa shape index (κ3) is 10.1. The lowest BCUT2D eigenvalue weighted by Crippen LogP contribution is -2.70. The maximum absolute atomic E-state index is 14.2. The second-order valence-corrected chi connectivity index (χ2v) is 15.0. The number of cyclic esters (lactones) is 1. The average Bonchev–Trinajstić information content (AvgIpc) is 3.59. The molecule has 9 nitrogen and oxygen atoms in total. The highest BCUT2D eigenvalue weighted by Crippen LogP contribution is 2.38. The van der Waals surface area contributed by atoms with Crippen LogP contribution in [0.3, 0.4) is 0 Å². The van der Waals surface area contributed by atoms with Crippen molar-refractivity contribution in [2.75, 3.05) is 26.2 Å². The number of rotatable bonds is 14. The molecule has 3 amide bonds. The summed E-state index contributed by atoms with van der Waals surface area (Å²) in [6.07, 6.45) is 0.843. The zero-order chi connectivity index (χ0) is 39.8. The van der Waals surface area contributed by atoms with E-state index in [1.165, 1.54) is 17.7 Å². The van der Waals surface area contributed by atoms with E-state index < -0.39 is 35.8 Å². The lowest BCUT2D eigenvalue weighted by molar-refractivity contribution is -0.137. The van der Waals surface area contributed by atoms with Gasteiger partial charge in [0.1, 0.15) is 6.61 Å². The molecule has 1 unspecified atom stereocenters. The van der Waals surface area contributed by atoms with Crippen LogP contribution in [0, 0.1) is 0 Å². The van der Waals surface area contributed by atoms with Crippen LogP contribution in [0.1, 0.15) is 59.5 Å². The Hall–Kier alpha value is -5.46. The van der Waals surface area contributed by atoms with Crippen LogP contribution in [-0.2, 0) is 33.6 Å². The molecule has 57 heavy (non-hydrogen) atoms. The summed E-state index contributed by atoms with van der Waals surface area (Å²) in [5.41, 5.74) is 2.63. The van der Waals surface area contributed by atoms with Crippen LogP contribution < -0.4 is 10.6 Å². The average molecular weight is 780 g/mol. The Morgan fingerprint density at radius 1 is 0.860 bits per heavy atom. The maximum atomic E-state index is 14.2. The second-order valence-electron chi connectivity index (χ2n) is 15.0. The highest BCUT2D eigenvalue weighted by molar-refractivity contribution is 5.84. The van der Waals surface area contributed by atoms with Gasteiger partial charge < -0.3 is 15.4 Å². The van der Waals surface area contributed by atoms with Gasteiger partial charge in [0.05, 0.1) is 29.7 Å². The molecule has 0 aromatic heterocycles. The minimum Gasteiger partial charge on any atom is -0.447 e. The smallest absolute Gasteiger partial charge is 0.416 e. The van der Waals surface area contributed by atoms with Crippen molar-refractivity contribution in [1.82, 2.24) is 25.3 Å². The summed E-state index contributed by atoms with van der Waals surface area (Å²) < 4.78 is 46.1. The Morgan fingerprint density at radius 2 is 1.53 bits per heavy atom. The van der Waals surface area contributed by atoms with E-state index in [1.807, 2.05) is 95.9 Å². The number of benzene rings is 4. The Kier molecular flexibility index (Phi) is 12.7. The molecule has 0 bridgehead atoms. The molecule has 0 radical (unpaired) electrons. The molecule has 2 N–H and O–H groups in total. The molecule has 3 aliphatic heterocycles. The molecule has 3 fully saturated rings. The number of carbonyl (C=O) groups is 3. The van der Waals surface area contributed by atoms with Gasteiger partial charge in [-0.15, -0.1) is 0 Å². The fourth-order valence-electron chi connectivity index (χ4n) is 8.12. The van der Waals surface area contributed by atoms with Crippen LogP contribution in [0.15, 0.2) is 121 Å². The summed E-state index contributed by atoms with van der Waals surface area (Å²) in [4.78, 5) is 47.1. The molecular formula is C45H48F3N5O4. The predicted octanol–water partition coefficient (Wildman–Crippen LogP) is 7.21. The lowest BCUT2D eigenvalue weighted by atomic mass is 9.88. The molecule has 3 heterocycles. The van der Waals surface area contributed by atoms with Gasteiger partial charge in [-0.05, 0) is 53.6 Å². The molecule has 4 aromatic rings. The fraction of sp³-hybridized carbons (Fsp3) is 0.356. The van der Waals surface area contributed by atoms with Crippen LogP contribution in [0.2, 0.25) is 0 Å². The zero-order valence-corrected chi connectivity index (χ0v) is 31.7. The molecule has 0 saturated carbocycles. The predicted molar refractivity (Wildman–Crippen MR) is 211 cm³/mol. The number of nitrogens with one attached hydrogen (secondary N) is 2. The van der Waals surface area contributed by atoms with E-state index in [0.29, 0.717) is 12.1 Å². The molecular weight excluding hydrogens is 732 g/mol. The molecule has 7 rings (SSSR count). The van der Waals surface area contributed by atoms with Crippen molar-refractivity contribution < 1.29 is 32.3 Å². The molecule has 3 aliphatic rings. The maximum Gasteiger partial charge on any atom is 0.416 e. The number of nitrogens with zero attached hydrogens (tertiary/aromatic N) is 3. The summed E-state index contributed by atoms with van der Waals surface area (Å²) >= 11 is 0. The highest BCUT2D eigenvalue weighted by Gasteiger charge is 2.52. The van der Waals surface area contributed by atoms with Gasteiger partial charge in [0, 0.05) is 45.2 Å². The Bertz CT molecular complexity index is 1990. The van der Waals surface area contributed by atoms with Gasteiger partial charge in [-0.3, -0.25) is 24.3 Å². The molecule has 0 spiro atoms. The number of hydrogen-bond donors (Lipinski definition) is 2. The third-order valence-corrected chi connectivity index (χ3v) is 11.2. The van der Waals surface area contributed by atoms with E-state index in [-0.39, 0.29) is 50.0 Å². The summed E-state index contributed by atoms with van der Waals surface area (Å²) in [5.74, 6) is -0.567. The highest BCUT2D eigenvalue weighted by atomic mass is 19.4. The number of piperidine rings is 1. The van der Waals surface area contributed by atoms with Crippen LogP contribution in [0.5, 0.6) is 0 Å². The first-order valence-electron chi connectivity index (χ1n) is 19.6. The largest absolute Gasteiger partial charge is 0.447 e. The fourth-order valence-corrected chi connectivity index (χ4v) is 8.12. The van der Waals surface area contributed by atoms with Crippen molar-refractivity contribution in [2.45, 2.75) is 75.2 Å². The first-order valence-corrected chi connectivity index (χ1v) is 19.6. The van der Waals surface area contributed by atoms with Crippen LogP contribution in [-0.4, -0.2) is 83.0 Å². The van der Waals surface area contributed by atoms with Gasteiger partial charge in [0.2, 0.25) is 11.8 Å². The minimum absolute atomic E-state index is 0.0174. The molecule has 298 valence electrons. The SMILES string of the molecule is O=C(CCC(C(=O)NCc1cccc(C(F)(F)F)c1)N1C[C@@H](N2C(=O)OC[C@H]2c2ccccc2)[C@H]1/C=C/c1ccccc1)NC1CCN(Cc2ccccc2)CC1. The Labute approximate surface area is 331 Å². The van der Waals surface area contributed by atoms with Crippen molar-refractivity contribution in [3.05, 3.63) is 149 Å². The minimum atomic E-state index is -4.52. The molecule has 4 aromatic carbocycles. The number of likely N-dealkylation sites (tertiary alicyclic amines) is 2. The Balaban J connectivity index is 1.08. The van der Waals surface area contributed by atoms with Gasteiger partial charge in [0.25, 0.3) is 0 Å². The summed E-state index contributed by atoms with van der Waals surface area (Å²) in [5, 5.41) is 6.05. The van der Waals surface area contributed by atoms with E-state index in [2.05, 4.69) is 27.7 Å². The van der Waals surface area contributed by atoms with E-state index in [1.54, 1.807) is 4.90 Å². The number of hydrogen-bond acceptors (Lipinski definition) is 6. The van der Waals surface area contributed by atoms with Gasteiger partial charge in [-0.25, -0.2) is 4.79 Å². The first-order chi connectivity index (χ1) is 27.6. The molecule has 12 heteroatoms. The summed E-state index contributed by atoms with van der Waals surface area (Å²) in [7, 11) is 0. The van der Waals surface area contributed by atoms with Crippen LogP contribution in [0.4, 0.5) is 18.0 Å². The van der Waals surface area contributed by atoms with Gasteiger partial charge >= 0.3 is 12.3 Å². The van der Waals surface area contributed by atoms with Crippen molar-refractivity contribution in [3.63, 3.8) is 0 Å². The zero-order valence-electron chi connectivity index (χ0n) is 31.7. The second kappa shape index (κ2) is 18.2. The quantitative estimate of drug-likeness (QED) is 0.141. The topological polar surface area (TPSA) is 94.2 Å². The molecule has 0 aliphatic carbocycles. The number of amides is 3. The van der Waals surface area contributed by atoms with E-state index in [9.17, 15) is 27.6 Å². The van der Waals surface area contributed by atoms with Crippen molar-refractivity contribution in [1.29, 1.82) is 0 Å². The standard InChI is InChI=1S/C45H48F3N5O4/c46-45(47,48)36-18-10-15-34(27-36)28-49-43(55)39(21-22-42(54)50-37-23-25-51(26-24-37)29-33-13-6-2-7-14-33)52-30-40(38(52)20-19-32-11-4-1-5-12-32)53-41(31-57-44(53)56)35-16-8-3-9-17-35/h1-20,27,37-41H,21-26,28-31H2,(H,49,55)(H,50,54)/b20-19+/t38-,39?,40-,41+/m1/s1. The van der Waals surface area contributed by atoms with Gasteiger partial charge in [-0.2, -0.15) is 13.2 Å².